The summed E-state index contributed by atoms with van der Waals surface area (Å²) in [5.74, 6) is 0.864. The third-order valence-corrected chi connectivity index (χ3v) is 2.66. The minimum absolute atomic E-state index is 0.261. The van der Waals surface area contributed by atoms with Crippen LogP contribution in [0.25, 0.3) is 5.52 Å². The molecule has 0 aromatic carbocycles. The van der Waals surface area contributed by atoms with Crippen LogP contribution in [0, 0.1) is 0 Å². The molecule has 2 heterocycles. The number of nitrogens with two attached hydrogens (primary N) is 1. The molecule has 16 heavy (non-hydrogen) atoms. The second-order valence-corrected chi connectivity index (χ2v) is 3.82. The van der Waals surface area contributed by atoms with Crippen molar-refractivity contribution in [2.24, 2.45) is 5.73 Å². The summed E-state index contributed by atoms with van der Waals surface area (Å²) in [6, 6.07) is 2.20. The number of aromatic nitrogens is 3. The van der Waals surface area contributed by atoms with Crippen LogP contribution in [0.3, 0.4) is 0 Å². The molecule has 0 amide bonds. The normalized spacial score (nSPS) is 12.9. The number of rotatable bonds is 5. The fourth-order valence-electron chi connectivity index (χ4n) is 1.57. The van der Waals surface area contributed by atoms with Gasteiger partial charge in [0, 0.05) is 25.0 Å². The molecule has 2 rings (SSSR count). The van der Waals surface area contributed by atoms with Crippen molar-refractivity contribution >= 4 is 11.3 Å². The molecule has 0 saturated heterocycles. The Hall–Kier alpha value is -1.62. The van der Waals surface area contributed by atoms with E-state index in [0.717, 1.165) is 30.7 Å². The third-order valence-electron chi connectivity index (χ3n) is 2.66. The molecule has 0 aliphatic heterocycles. The highest BCUT2D eigenvalue weighted by molar-refractivity contribution is 5.66. The second kappa shape index (κ2) is 4.94. The maximum Gasteiger partial charge on any atom is 0.152 e. The Kier molecular flexibility index (Phi) is 3.36. The van der Waals surface area contributed by atoms with Crippen LogP contribution < -0.4 is 11.1 Å². The van der Waals surface area contributed by atoms with E-state index in [1.54, 1.807) is 16.9 Å². The summed E-state index contributed by atoms with van der Waals surface area (Å²) in [7, 11) is 0. The minimum Gasteiger partial charge on any atom is -0.368 e. The Morgan fingerprint density at radius 1 is 1.50 bits per heavy atom. The smallest absolute Gasteiger partial charge is 0.152 e. The van der Waals surface area contributed by atoms with Gasteiger partial charge in [-0.25, -0.2) is 9.50 Å². The van der Waals surface area contributed by atoms with Gasteiger partial charge in [0.1, 0.15) is 5.52 Å². The first-order valence-corrected chi connectivity index (χ1v) is 5.59. The lowest BCUT2D eigenvalue weighted by Crippen LogP contribution is -2.22. The average Bonchev–Trinajstić information content (AvgIpc) is 2.77. The van der Waals surface area contributed by atoms with Gasteiger partial charge in [-0.2, -0.15) is 5.10 Å². The Balaban J connectivity index is 2.01. The van der Waals surface area contributed by atoms with Gasteiger partial charge in [-0.3, -0.25) is 0 Å². The monoisotopic (exact) mass is 219 g/mol. The summed E-state index contributed by atoms with van der Waals surface area (Å²) in [6.07, 6.45) is 7.29. The zero-order chi connectivity index (χ0) is 11.4. The Morgan fingerprint density at radius 3 is 3.19 bits per heavy atom. The van der Waals surface area contributed by atoms with Crippen molar-refractivity contribution in [1.82, 2.24) is 14.6 Å². The number of hydrogen-bond acceptors (Lipinski definition) is 4. The molecule has 2 aromatic rings. The number of hydrogen-bond donors (Lipinski definition) is 2. The molecule has 0 saturated carbocycles. The van der Waals surface area contributed by atoms with E-state index in [9.17, 15) is 0 Å². The SMILES string of the molecule is CCC(N)CCNc1nccn2nccc12. The van der Waals surface area contributed by atoms with Crippen LogP contribution in [-0.2, 0) is 0 Å². The Labute approximate surface area is 94.7 Å². The predicted octanol–water partition coefficient (Wildman–Crippen LogP) is 1.27. The number of anilines is 1. The molecule has 5 nitrogen and oxygen atoms in total. The number of nitrogens with zero attached hydrogens (tertiary/aromatic N) is 3. The van der Waals surface area contributed by atoms with E-state index < -0.39 is 0 Å². The summed E-state index contributed by atoms with van der Waals surface area (Å²) in [4.78, 5) is 4.29. The molecule has 0 aliphatic carbocycles. The van der Waals surface area contributed by atoms with Crippen molar-refractivity contribution < 1.29 is 0 Å². The Morgan fingerprint density at radius 2 is 2.38 bits per heavy atom. The summed E-state index contributed by atoms with van der Waals surface area (Å²) < 4.78 is 1.80. The van der Waals surface area contributed by atoms with E-state index in [4.69, 9.17) is 5.73 Å². The van der Waals surface area contributed by atoms with Gasteiger partial charge >= 0.3 is 0 Å². The van der Waals surface area contributed by atoms with Crippen molar-refractivity contribution in [3.8, 4) is 0 Å². The molecule has 0 radical (unpaired) electrons. The zero-order valence-electron chi connectivity index (χ0n) is 9.43. The van der Waals surface area contributed by atoms with Crippen molar-refractivity contribution in [3.05, 3.63) is 24.7 Å². The lowest BCUT2D eigenvalue weighted by Gasteiger charge is -2.10. The van der Waals surface area contributed by atoms with Gasteiger partial charge in [-0.1, -0.05) is 6.92 Å². The molecule has 1 atom stereocenters. The summed E-state index contributed by atoms with van der Waals surface area (Å²) in [5.41, 5.74) is 6.84. The van der Waals surface area contributed by atoms with Crippen LogP contribution in [0.2, 0.25) is 0 Å². The molecule has 0 fully saturated rings. The highest BCUT2D eigenvalue weighted by Gasteiger charge is 2.03. The first-order chi connectivity index (χ1) is 7.81. The molecular formula is C11H17N5. The van der Waals surface area contributed by atoms with Crippen LogP contribution in [0.15, 0.2) is 24.7 Å². The fourth-order valence-corrected chi connectivity index (χ4v) is 1.57. The van der Waals surface area contributed by atoms with Gasteiger partial charge in [-0.05, 0) is 18.9 Å². The zero-order valence-corrected chi connectivity index (χ0v) is 9.43. The van der Waals surface area contributed by atoms with E-state index in [1.165, 1.54) is 0 Å². The predicted molar refractivity (Wildman–Crippen MR) is 64.4 cm³/mol. The first-order valence-electron chi connectivity index (χ1n) is 5.59. The molecule has 1 unspecified atom stereocenters. The topological polar surface area (TPSA) is 68.2 Å². The molecule has 2 aromatic heterocycles. The van der Waals surface area contributed by atoms with E-state index in [1.807, 2.05) is 12.3 Å². The molecular weight excluding hydrogens is 202 g/mol. The first kappa shape index (κ1) is 10.9. The lowest BCUT2D eigenvalue weighted by atomic mass is 10.2. The van der Waals surface area contributed by atoms with E-state index in [2.05, 4.69) is 22.3 Å². The second-order valence-electron chi connectivity index (χ2n) is 3.82. The minimum atomic E-state index is 0.261. The van der Waals surface area contributed by atoms with Crippen LogP contribution in [0.4, 0.5) is 5.82 Å². The summed E-state index contributed by atoms with van der Waals surface area (Å²) >= 11 is 0. The molecule has 0 aliphatic rings. The van der Waals surface area contributed by atoms with Gasteiger partial charge in [0.2, 0.25) is 0 Å². The maximum absolute atomic E-state index is 5.85. The van der Waals surface area contributed by atoms with E-state index in [0.29, 0.717) is 0 Å². The van der Waals surface area contributed by atoms with Crippen molar-refractivity contribution in [1.29, 1.82) is 0 Å². The van der Waals surface area contributed by atoms with Crippen LogP contribution in [0.5, 0.6) is 0 Å². The van der Waals surface area contributed by atoms with Crippen molar-refractivity contribution in [2.45, 2.75) is 25.8 Å². The summed E-state index contributed by atoms with van der Waals surface area (Å²) in [6.45, 7) is 2.94. The maximum atomic E-state index is 5.85. The average molecular weight is 219 g/mol. The molecule has 86 valence electrons. The molecule has 0 bridgehead atoms. The standard InChI is InChI=1S/C11H17N5/c1-2-9(12)3-5-13-11-10-4-6-15-16(10)8-7-14-11/h4,6-9H,2-3,5,12H2,1H3,(H,13,14). The summed E-state index contributed by atoms with van der Waals surface area (Å²) in [5, 5.41) is 7.44. The van der Waals surface area contributed by atoms with E-state index >= 15 is 0 Å². The fraction of sp³-hybridized carbons (Fsp3) is 0.455. The van der Waals surface area contributed by atoms with Gasteiger partial charge < -0.3 is 11.1 Å². The lowest BCUT2D eigenvalue weighted by molar-refractivity contribution is 0.613. The van der Waals surface area contributed by atoms with Gasteiger partial charge in [-0.15, -0.1) is 0 Å². The molecule has 0 spiro atoms. The molecule has 3 N–H and O–H groups in total. The third kappa shape index (κ3) is 2.30. The highest BCUT2D eigenvalue weighted by atomic mass is 15.2. The van der Waals surface area contributed by atoms with Crippen LogP contribution >= 0.6 is 0 Å². The highest BCUT2D eigenvalue weighted by Crippen LogP contribution is 2.12. The van der Waals surface area contributed by atoms with Gasteiger partial charge in [0.25, 0.3) is 0 Å². The molecule has 5 heteroatoms. The quantitative estimate of drug-likeness (QED) is 0.794. The van der Waals surface area contributed by atoms with Gasteiger partial charge in [0.15, 0.2) is 5.82 Å². The van der Waals surface area contributed by atoms with Crippen LogP contribution in [0.1, 0.15) is 19.8 Å². The Bertz CT molecular complexity index is 450. The van der Waals surface area contributed by atoms with Crippen molar-refractivity contribution in [2.75, 3.05) is 11.9 Å². The largest absolute Gasteiger partial charge is 0.368 e. The van der Waals surface area contributed by atoms with Gasteiger partial charge in [0.05, 0.1) is 6.20 Å². The number of fused-ring (bicyclic) bond motifs is 1. The van der Waals surface area contributed by atoms with Crippen molar-refractivity contribution in [3.63, 3.8) is 0 Å². The van der Waals surface area contributed by atoms with Crippen LogP contribution in [-0.4, -0.2) is 27.2 Å². The van der Waals surface area contributed by atoms with E-state index in [-0.39, 0.29) is 6.04 Å². The number of nitrogens with one attached hydrogen (secondary N) is 1.